The summed E-state index contributed by atoms with van der Waals surface area (Å²) in [6, 6.07) is 0. The quantitative estimate of drug-likeness (QED) is 0.727. The van der Waals surface area contributed by atoms with Crippen LogP contribution < -0.4 is 5.56 Å². The highest BCUT2D eigenvalue weighted by Gasteiger charge is 2.56. The van der Waals surface area contributed by atoms with Crippen LogP contribution in [0.1, 0.15) is 52.4 Å². The van der Waals surface area contributed by atoms with E-state index in [2.05, 4.69) is 10.1 Å². The normalized spacial score (nSPS) is 24.0. The van der Waals surface area contributed by atoms with Crippen LogP contribution >= 0.6 is 0 Å². The molecule has 2 aromatic heterocycles. The Labute approximate surface area is 189 Å². The maximum Gasteiger partial charge on any atom is 0.389 e. The van der Waals surface area contributed by atoms with Crippen LogP contribution in [-0.2, 0) is 17.9 Å². The van der Waals surface area contributed by atoms with Crippen LogP contribution in [0.4, 0.5) is 13.2 Å². The first-order valence-corrected chi connectivity index (χ1v) is 11.5. The van der Waals surface area contributed by atoms with Crippen molar-refractivity contribution in [3.8, 4) is 0 Å². The van der Waals surface area contributed by atoms with Gasteiger partial charge in [0.05, 0.1) is 24.8 Å². The molecule has 2 fully saturated rings. The van der Waals surface area contributed by atoms with E-state index in [0.29, 0.717) is 30.4 Å². The lowest BCUT2D eigenvalue weighted by Gasteiger charge is -2.52. The number of aryl methyl sites for hydroxylation is 1. The maximum atomic E-state index is 13.1. The summed E-state index contributed by atoms with van der Waals surface area (Å²) >= 11 is 0. The number of hydrogen-bond acceptors (Lipinski definition) is 5. The lowest BCUT2D eigenvalue weighted by Crippen LogP contribution is -2.62. The standard InChI is InChI=1S/C22H30F3N5O3/c1-3-30-17-16(11-27-30)19(32)29(14-26-17)13-21(33)8-9-28(12-20(21)6-4-5-7-20)18(31)15(2)10-22(23,24)25/h11,14-15,33H,3-10,12-13H2,1-2H3/t15-,21?/m1/s1. The van der Waals surface area contributed by atoms with Crippen molar-refractivity contribution in [2.45, 2.75) is 77.2 Å². The fourth-order valence-corrected chi connectivity index (χ4v) is 5.66. The van der Waals surface area contributed by atoms with Gasteiger partial charge in [-0.15, -0.1) is 0 Å². The van der Waals surface area contributed by atoms with E-state index in [1.54, 1.807) is 4.68 Å². The van der Waals surface area contributed by atoms with Gasteiger partial charge in [-0.3, -0.25) is 14.2 Å². The molecule has 2 atom stereocenters. The average Bonchev–Trinajstić information content (AvgIpc) is 3.39. The fraction of sp³-hybridized carbons (Fsp3) is 0.727. The first-order chi connectivity index (χ1) is 15.5. The number of halogens is 3. The number of carbonyl (C=O) groups is 1. The van der Waals surface area contributed by atoms with Crippen LogP contribution in [0.25, 0.3) is 11.0 Å². The van der Waals surface area contributed by atoms with Crippen molar-refractivity contribution in [2.75, 3.05) is 13.1 Å². The number of nitrogens with zero attached hydrogens (tertiary/aromatic N) is 5. The van der Waals surface area contributed by atoms with Crippen molar-refractivity contribution < 1.29 is 23.1 Å². The van der Waals surface area contributed by atoms with Gasteiger partial charge in [0.2, 0.25) is 5.91 Å². The average molecular weight is 470 g/mol. The predicted octanol–water partition coefficient (Wildman–Crippen LogP) is 2.73. The molecule has 0 bridgehead atoms. The smallest absolute Gasteiger partial charge is 0.387 e. The SMILES string of the molecule is CCn1ncc2c(=O)n(CC3(O)CCN(C(=O)[C@H](C)CC(F)(F)F)CC34CCCC4)cnc21. The number of carbonyl (C=O) groups excluding carboxylic acids is 1. The van der Waals surface area contributed by atoms with E-state index in [4.69, 9.17) is 0 Å². The highest BCUT2D eigenvalue weighted by atomic mass is 19.4. The Morgan fingerprint density at radius 1 is 1.27 bits per heavy atom. The van der Waals surface area contributed by atoms with E-state index in [1.807, 2.05) is 6.92 Å². The van der Waals surface area contributed by atoms with E-state index in [1.165, 1.54) is 28.9 Å². The highest BCUT2D eigenvalue weighted by Crippen LogP contribution is 2.51. The van der Waals surface area contributed by atoms with Crippen LogP contribution in [0.5, 0.6) is 0 Å². The topological polar surface area (TPSA) is 93.2 Å². The summed E-state index contributed by atoms with van der Waals surface area (Å²) in [5.74, 6) is -1.70. The monoisotopic (exact) mass is 469 g/mol. The zero-order valence-corrected chi connectivity index (χ0v) is 18.9. The molecule has 2 aromatic rings. The van der Waals surface area contributed by atoms with Crippen molar-refractivity contribution in [1.29, 1.82) is 0 Å². The third-order valence-electron chi connectivity index (χ3n) is 7.46. The van der Waals surface area contributed by atoms with Crippen molar-refractivity contribution >= 4 is 16.9 Å². The number of fused-ring (bicyclic) bond motifs is 1. The van der Waals surface area contributed by atoms with Crippen LogP contribution in [0.3, 0.4) is 0 Å². The summed E-state index contributed by atoms with van der Waals surface area (Å²) in [4.78, 5) is 31.7. The molecule has 8 nitrogen and oxygen atoms in total. The third kappa shape index (κ3) is 4.27. The van der Waals surface area contributed by atoms with E-state index < -0.39 is 35.4 Å². The lowest BCUT2D eigenvalue weighted by atomic mass is 9.65. The summed E-state index contributed by atoms with van der Waals surface area (Å²) in [7, 11) is 0. The summed E-state index contributed by atoms with van der Waals surface area (Å²) in [5.41, 5.74) is -1.74. The predicted molar refractivity (Wildman–Crippen MR) is 114 cm³/mol. The number of piperidine rings is 1. The van der Waals surface area contributed by atoms with Gasteiger partial charge >= 0.3 is 6.18 Å². The van der Waals surface area contributed by atoms with Crippen LogP contribution in [-0.4, -0.2) is 60.1 Å². The molecular formula is C22H30F3N5O3. The van der Waals surface area contributed by atoms with Gasteiger partial charge in [-0.05, 0) is 26.2 Å². The summed E-state index contributed by atoms with van der Waals surface area (Å²) < 4.78 is 41.5. The summed E-state index contributed by atoms with van der Waals surface area (Å²) in [6.45, 7) is 4.14. The number of hydrogen-bond donors (Lipinski definition) is 1. The Balaban J connectivity index is 1.59. The van der Waals surface area contributed by atoms with Gasteiger partial charge in [0, 0.05) is 31.0 Å². The molecular weight excluding hydrogens is 439 g/mol. The second-order valence-corrected chi connectivity index (χ2v) is 9.62. The van der Waals surface area contributed by atoms with E-state index in [0.717, 1.165) is 12.8 Å². The second-order valence-electron chi connectivity index (χ2n) is 9.62. The molecule has 0 aromatic carbocycles. The zero-order chi connectivity index (χ0) is 24.0. The van der Waals surface area contributed by atoms with Gasteiger partial charge in [-0.2, -0.15) is 18.3 Å². The minimum atomic E-state index is -4.41. The molecule has 1 N–H and O–H groups in total. The summed E-state index contributed by atoms with van der Waals surface area (Å²) in [5, 5.41) is 16.4. The van der Waals surface area contributed by atoms with Gasteiger partial charge < -0.3 is 10.0 Å². The minimum absolute atomic E-state index is 0.0201. The zero-order valence-electron chi connectivity index (χ0n) is 18.9. The number of amides is 1. The molecule has 1 aliphatic carbocycles. The number of likely N-dealkylation sites (tertiary alicyclic amines) is 1. The molecule has 11 heteroatoms. The number of aromatic nitrogens is 4. The van der Waals surface area contributed by atoms with Gasteiger partial charge in [-0.25, -0.2) is 9.67 Å². The van der Waals surface area contributed by atoms with Crippen LogP contribution in [0, 0.1) is 11.3 Å². The molecule has 0 radical (unpaired) electrons. The van der Waals surface area contributed by atoms with Gasteiger partial charge in [0.15, 0.2) is 5.65 Å². The fourth-order valence-electron chi connectivity index (χ4n) is 5.66. The molecule has 2 aliphatic rings. The van der Waals surface area contributed by atoms with Gasteiger partial charge in [0.25, 0.3) is 5.56 Å². The number of rotatable bonds is 5. The van der Waals surface area contributed by atoms with Gasteiger partial charge in [0.1, 0.15) is 11.7 Å². The molecule has 1 unspecified atom stereocenters. The molecule has 1 aliphatic heterocycles. The third-order valence-corrected chi connectivity index (χ3v) is 7.46. The highest BCUT2D eigenvalue weighted by molar-refractivity contribution is 5.78. The molecule has 33 heavy (non-hydrogen) atoms. The Morgan fingerprint density at radius 2 is 1.97 bits per heavy atom. The van der Waals surface area contributed by atoms with E-state index in [-0.39, 0.29) is 31.6 Å². The molecule has 1 saturated heterocycles. The molecule has 1 spiro atoms. The molecule has 182 valence electrons. The van der Waals surface area contributed by atoms with Crippen LogP contribution in [0.2, 0.25) is 0 Å². The first-order valence-electron chi connectivity index (χ1n) is 11.5. The molecule has 1 amide bonds. The molecule has 4 rings (SSSR count). The Bertz CT molecular complexity index is 1090. The first kappa shape index (κ1) is 23.7. The summed E-state index contributed by atoms with van der Waals surface area (Å²) in [6.07, 6.45) is 0.538. The Hall–Kier alpha value is -2.43. The largest absolute Gasteiger partial charge is 0.389 e. The number of alkyl halides is 3. The van der Waals surface area contributed by atoms with Gasteiger partial charge in [-0.1, -0.05) is 19.8 Å². The van der Waals surface area contributed by atoms with Crippen molar-refractivity contribution in [3.63, 3.8) is 0 Å². The minimum Gasteiger partial charge on any atom is -0.387 e. The van der Waals surface area contributed by atoms with Crippen molar-refractivity contribution in [3.05, 3.63) is 22.9 Å². The maximum absolute atomic E-state index is 13.1. The lowest BCUT2D eigenvalue weighted by molar-refractivity contribution is -0.172. The van der Waals surface area contributed by atoms with Crippen molar-refractivity contribution in [2.24, 2.45) is 11.3 Å². The molecule has 1 saturated carbocycles. The second kappa shape index (κ2) is 8.41. The Kier molecular flexibility index (Phi) is 6.05. The number of aliphatic hydroxyl groups is 1. The molecule has 3 heterocycles. The van der Waals surface area contributed by atoms with Crippen LogP contribution in [0.15, 0.2) is 17.3 Å². The van der Waals surface area contributed by atoms with E-state index >= 15 is 0 Å². The van der Waals surface area contributed by atoms with Crippen molar-refractivity contribution in [1.82, 2.24) is 24.2 Å². The Morgan fingerprint density at radius 3 is 2.61 bits per heavy atom. The van der Waals surface area contributed by atoms with E-state index in [9.17, 15) is 27.9 Å².